The van der Waals surface area contributed by atoms with Crippen LogP contribution < -0.4 is 20.1 Å². The van der Waals surface area contributed by atoms with E-state index < -0.39 is 0 Å². The van der Waals surface area contributed by atoms with E-state index in [9.17, 15) is 0 Å². The first-order valence-corrected chi connectivity index (χ1v) is 9.33. The van der Waals surface area contributed by atoms with Crippen LogP contribution in [0, 0.1) is 0 Å². The molecule has 0 aliphatic rings. The van der Waals surface area contributed by atoms with Crippen LogP contribution in [0.5, 0.6) is 11.5 Å². The van der Waals surface area contributed by atoms with Crippen molar-refractivity contribution in [2.75, 3.05) is 24.9 Å². The number of aromatic nitrogens is 2. The largest absolute Gasteiger partial charge is 0.497 e. The van der Waals surface area contributed by atoms with Crippen molar-refractivity contribution >= 4 is 17.3 Å². The molecule has 0 aliphatic heterocycles. The summed E-state index contributed by atoms with van der Waals surface area (Å²) in [5.41, 5.74) is 1.76. The first-order valence-electron chi connectivity index (χ1n) is 9.33. The molecule has 0 aliphatic carbocycles. The molecular formula is C22H26N4O2. The summed E-state index contributed by atoms with van der Waals surface area (Å²) >= 11 is 0. The summed E-state index contributed by atoms with van der Waals surface area (Å²) in [5.74, 6) is 3.52. The lowest BCUT2D eigenvalue weighted by atomic mass is 10.2. The molecule has 0 saturated heterocycles. The molecule has 1 unspecified atom stereocenters. The molecule has 2 aromatic carbocycles. The summed E-state index contributed by atoms with van der Waals surface area (Å²) < 4.78 is 10.8. The van der Waals surface area contributed by atoms with Gasteiger partial charge in [0.05, 0.1) is 19.9 Å². The molecule has 3 aromatic rings. The monoisotopic (exact) mass is 378 g/mol. The molecule has 1 heterocycles. The van der Waals surface area contributed by atoms with E-state index in [0.717, 1.165) is 29.2 Å². The zero-order chi connectivity index (χ0) is 19.9. The zero-order valence-electron chi connectivity index (χ0n) is 16.7. The van der Waals surface area contributed by atoms with Gasteiger partial charge in [-0.15, -0.1) is 0 Å². The minimum absolute atomic E-state index is 0.307. The lowest BCUT2D eigenvalue weighted by Gasteiger charge is -2.16. The van der Waals surface area contributed by atoms with Crippen LogP contribution in [-0.4, -0.2) is 30.2 Å². The maximum atomic E-state index is 5.49. The van der Waals surface area contributed by atoms with E-state index in [1.165, 1.54) is 0 Å². The standard InChI is InChI=1S/C22H26N4O2/c1-5-15(2)23-20-14-21(26-22(25-20)16-9-7-6-8-10-16)24-18-12-11-17(27-3)13-19(18)28-4/h6-15H,5H2,1-4H3,(H2,23,24,25,26). The van der Waals surface area contributed by atoms with Crippen LogP contribution in [-0.2, 0) is 0 Å². The molecule has 2 N–H and O–H groups in total. The van der Waals surface area contributed by atoms with E-state index in [-0.39, 0.29) is 0 Å². The average Bonchev–Trinajstić information content (AvgIpc) is 2.74. The minimum Gasteiger partial charge on any atom is -0.497 e. The van der Waals surface area contributed by atoms with Crippen LogP contribution in [0.3, 0.4) is 0 Å². The number of anilines is 3. The minimum atomic E-state index is 0.307. The van der Waals surface area contributed by atoms with Crippen LogP contribution >= 0.6 is 0 Å². The van der Waals surface area contributed by atoms with E-state index in [1.54, 1.807) is 14.2 Å². The highest BCUT2D eigenvalue weighted by molar-refractivity contribution is 5.69. The Kier molecular flexibility index (Phi) is 6.32. The number of rotatable bonds is 8. The zero-order valence-corrected chi connectivity index (χ0v) is 16.7. The van der Waals surface area contributed by atoms with Gasteiger partial charge >= 0.3 is 0 Å². The van der Waals surface area contributed by atoms with Crippen LogP contribution in [0.15, 0.2) is 54.6 Å². The Labute approximate surface area is 166 Å². The Hall–Kier alpha value is -3.28. The van der Waals surface area contributed by atoms with Crippen molar-refractivity contribution < 1.29 is 9.47 Å². The lowest BCUT2D eigenvalue weighted by Crippen LogP contribution is -2.15. The Balaban J connectivity index is 1.99. The quantitative estimate of drug-likeness (QED) is 0.567. The molecule has 6 nitrogen and oxygen atoms in total. The summed E-state index contributed by atoms with van der Waals surface area (Å²) in [6, 6.07) is 17.8. The van der Waals surface area contributed by atoms with Crippen LogP contribution in [0.1, 0.15) is 20.3 Å². The molecule has 0 bridgehead atoms. The third kappa shape index (κ3) is 4.71. The second-order valence-corrected chi connectivity index (χ2v) is 6.47. The van der Waals surface area contributed by atoms with Crippen molar-refractivity contribution in [3.05, 3.63) is 54.6 Å². The Morgan fingerprint density at radius 3 is 2.36 bits per heavy atom. The van der Waals surface area contributed by atoms with Gasteiger partial charge in [-0.1, -0.05) is 37.3 Å². The van der Waals surface area contributed by atoms with Gasteiger partial charge in [0.25, 0.3) is 0 Å². The van der Waals surface area contributed by atoms with Crippen molar-refractivity contribution in [2.24, 2.45) is 0 Å². The van der Waals surface area contributed by atoms with Crippen molar-refractivity contribution in [3.8, 4) is 22.9 Å². The summed E-state index contributed by atoms with van der Waals surface area (Å²) in [6.07, 6.45) is 1.000. The topological polar surface area (TPSA) is 68.3 Å². The van der Waals surface area contributed by atoms with Crippen LogP contribution in [0.4, 0.5) is 17.3 Å². The van der Waals surface area contributed by atoms with Crippen molar-refractivity contribution in [1.82, 2.24) is 9.97 Å². The summed E-state index contributed by atoms with van der Waals surface area (Å²) in [4.78, 5) is 9.39. The Morgan fingerprint density at radius 2 is 1.68 bits per heavy atom. The number of nitrogens with one attached hydrogen (secondary N) is 2. The molecule has 0 fully saturated rings. The van der Waals surface area contributed by atoms with Gasteiger partial charge in [0.2, 0.25) is 0 Å². The first kappa shape index (κ1) is 19.5. The number of benzene rings is 2. The molecule has 0 saturated carbocycles. The van der Waals surface area contributed by atoms with Crippen molar-refractivity contribution in [3.63, 3.8) is 0 Å². The normalized spacial score (nSPS) is 11.6. The lowest BCUT2D eigenvalue weighted by molar-refractivity contribution is 0.395. The average molecular weight is 378 g/mol. The second kappa shape index (κ2) is 9.08. The SMILES string of the molecule is CCC(C)Nc1cc(Nc2ccc(OC)cc2OC)nc(-c2ccccc2)n1. The molecule has 6 heteroatoms. The molecular weight excluding hydrogens is 352 g/mol. The van der Waals surface area contributed by atoms with Gasteiger partial charge in [0, 0.05) is 23.7 Å². The molecule has 1 atom stereocenters. The van der Waals surface area contributed by atoms with Gasteiger partial charge in [0.15, 0.2) is 5.82 Å². The maximum absolute atomic E-state index is 5.49. The van der Waals surface area contributed by atoms with E-state index in [2.05, 4.69) is 29.5 Å². The fourth-order valence-electron chi connectivity index (χ4n) is 2.70. The summed E-state index contributed by atoms with van der Waals surface area (Å²) in [7, 11) is 3.26. The second-order valence-electron chi connectivity index (χ2n) is 6.47. The molecule has 0 amide bonds. The van der Waals surface area contributed by atoms with Crippen LogP contribution in [0.2, 0.25) is 0 Å². The first-order chi connectivity index (χ1) is 13.6. The molecule has 0 spiro atoms. The highest BCUT2D eigenvalue weighted by atomic mass is 16.5. The van der Waals surface area contributed by atoms with E-state index >= 15 is 0 Å². The van der Waals surface area contributed by atoms with Crippen molar-refractivity contribution in [2.45, 2.75) is 26.3 Å². The van der Waals surface area contributed by atoms with E-state index in [0.29, 0.717) is 23.4 Å². The Morgan fingerprint density at radius 1 is 0.929 bits per heavy atom. The number of hydrogen-bond donors (Lipinski definition) is 2. The molecule has 0 radical (unpaired) electrons. The van der Waals surface area contributed by atoms with Gasteiger partial charge in [-0.2, -0.15) is 0 Å². The molecule has 146 valence electrons. The van der Waals surface area contributed by atoms with Gasteiger partial charge in [-0.3, -0.25) is 0 Å². The van der Waals surface area contributed by atoms with E-state index in [4.69, 9.17) is 14.5 Å². The Bertz CT molecular complexity index is 916. The maximum Gasteiger partial charge on any atom is 0.163 e. The fourth-order valence-corrected chi connectivity index (χ4v) is 2.70. The summed E-state index contributed by atoms with van der Waals surface area (Å²) in [6.45, 7) is 4.27. The number of ether oxygens (including phenoxy) is 2. The smallest absolute Gasteiger partial charge is 0.163 e. The van der Waals surface area contributed by atoms with Crippen molar-refractivity contribution in [1.29, 1.82) is 0 Å². The van der Waals surface area contributed by atoms with Crippen LogP contribution in [0.25, 0.3) is 11.4 Å². The predicted octanol–water partition coefficient (Wildman–Crippen LogP) is 5.11. The van der Waals surface area contributed by atoms with Gasteiger partial charge in [-0.25, -0.2) is 9.97 Å². The third-order valence-electron chi connectivity index (χ3n) is 4.44. The third-order valence-corrected chi connectivity index (χ3v) is 4.44. The number of nitrogens with zero attached hydrogens (tertiary/aromatic N) is 2. The number of methoxy groups -OCH3 is 2. The highest BCUT2D eigenvalue weighted by Gasteiger charge is 2.11. The van der Waals surface area contributed by atoms with Gasteiger partial charge in [0.1, 0.15) is 23.1 Å². The molecule has 1 aromatic heterocycles. The predicted molar refractivity (Wildman–Crippen MR) is 114 cm³/mol. The summed E-state index contributed by atoms with van der Waals surface area (Å²) in [5, 5.41) is 6.78. The fraction of sp³-hybridized carbons (Fsp3) is 0.273. The highest BCUT2D eigenvalue weighted by Crippen LogP contribution is 2.32. The molecule has 3 rings (SSSR count). The number of hydrogen-bond acceptors (Lipinski definition) is 6. The molecule has 28 heavy (non-hydrogen) atoms. The van der Waals surface area contributed by atoms with Gasteiger partial charge < -0.3 is 20.1 Å². The van der Waals surface area contributed by atoms with Gasteiger partial charge in [-0.05, 0) is 25.5 Å². The van der Waals surface area contributed by atoms with E-state index in [1.807, 2.05) is 54.6 Å².